The van der Waals surface area contributed by atoms with Gasteiger partial charge in [0, 0.05) is 23.0 Å². The number of methoxy groups -OCH3 is 1. The average Bonchev–Trinajstić information content (AvgIpc) is 3.35. The van der Waals surface area contributed by atoms with Gasteiger partial charge in [-0.15, -0.1) is 0 Å². The third kappa shape index (κ3) is 3.99. The fourth-order valence-corrected chi connectivity index (χ4v) is 4.60. The van der Waals surface area contributed by atoms with E-state index in [0.717, 1.165) is 0 Å². The van der Waals surface area contributed by atoms with Crippen molar-refractivity contribution in [2.75, 3.05) is 20.3 Å². The second kappa shape index (κ2) is 8.93. The zero-order valence-electron chi connectivity index (χ0n) is 18.3. The first-order chi connectivity index (χ1) is 15.7. The second-order valence-electron chi connectivity index (χ2n) is 8.05. The smallest absolute Gasteiger partial charge is 0.337 e. The lowest BCUT2D eigenvalue weighted by molar-refractivity contribution is -0.385. The van der Waals surface area contributed by atoms with Crippen molar-refractivity contribution in [3.05, 3.63) is 62.5 Å². The Morgan fingerprint density at radius 1 is 1.09 bits per heavy atom. The molecule has 176 valence electrons. The van der Waals surface area contributed by atoms with E-state index in [1.807, 2.05) is 0 Å². The van der Waals surface area contributed by atoms with E-state index in [9.17, 15) is 24.8 Å². The minimum absolute atomic E-state index is 0.0345. The molecule has 0 aliphatic carbocycles. The molecule has 0 amide bonds. The van der Waals surface area contributed by atoms with Crippen molar-refractivity contribution in [2.45, 2.75) is 44.2 Å². The Kier molecular flexibility index (Phi) is 6.19. The summed E-state index contributed by atoms with van der Waals surface area (Å²) in [6, 6.07) is 5.90. The highest BCUT2D eigenvalue weighted by molar-refractivity contribution is 6.00. The first-order valence-electron chi connectivity index (χ1n) is 10.4. The molecule has 0 aromatic heterocycles. The van der Waals surface area contributed by atoms with E-state index in [1.165, 1.54) is 25.3 Å². The van der Waals surface area contributed by atoms with E-state index in [-0.39, 0.29) is 35.6 Å². The number of nitro benzene ring substituents is 1. The van der Waals surface area contributed by atoms with Gasteiger partial charge in [-0.05, 0) is 13.8 Å². The molecule has 3 aliphatic heterocycles. The van der Waals surface area contributed by atoms with Gasteiger partial charge in [0.05, 0.1) is 42.3 Å². The lowest BCUT2D eigenvalue weighted by Crippen LogP contribution is -2.37. The number of nitrogens with one attached hydrogen (secondary N) is 1. The molecule has 1 aromatic rings. The number of benzene rings is 1. The monoisotopic (exact) mass is 460 g/mol. The predicted octanol–water partition coefficient (Wildman–Crippen LogP) is 1.07. The number of rotatable bonds is 5. The number of para-hydroxylation sites is 1. The fraction of sp³-hybridized carbons (Fsp3) is 0.455. The standard InChI is InChI=1S/C22H24N2O9/c1-10-16(21(26)30-3)18(12-6-4-5-7-13(12)24(28)29)17(11(2)23-10)22(27)33-15-9-32-19-14(25)8-31-20(15)19/h4-7,14-15,18-20,23,25H,8-9H2,1-3H3/t14-,15+,18-,19+,20+/m0/s1. The van der Waals surface area contributed by atoms with Gasteiger partial charge in [0.25, 0.3) is 5.69 Å². The van der Waals surface area contributed by atoms with Crippen molar-refractivity contribution in [3.63, 3.8) is 0 Å². The minimum atomic E-state index is -1.10. The molecular weight excluding hydrogens is 436 g/mol. The van der Waals surface area contributed by atoms with Gasteiger partial charge in [-0.25, -0.2) is 9.59 Å². The number of nitro groups is 1. The van der Waals surface area contributed by atoms with Crippen LogP contribution in [-0.2, 0) is 28.5 Å². The largest absolute Gasteiger partial charge is 0.466 e. The van der Waals surface area contributed by atoms with Gasteiger partial charge in [-0.1, -0.05) is 18.2 Å². The van der Waals surface area contributed by atoms with Crippen LogP contribution in [0.5, 0.6) is 0 Å². The zero-order chi connectivity index (χ0) is 23.9. The number of hydrogen-bond donors (Lipinski definition) is 2. The van der Waals surface area contributed by atoms with Gasteiger partial charge in [0.1, 0.15) is 18.3 Å². The molecule has 33 heavy (non-hydrogen) atoms. The maximum Gasteiger partial charge on any atom is 0.337 e. The van der Waals surface area contributed by atoms with Crippen molar-refractivity contribution < 1.29 is 38.6 Å². The van der Waals surface area contributed by atoms with Gasteiger partial charge in [-0.3, -0.25) is 10.1 Å². The molecule has 2 saturated heterocycles. The summed E-state index contributed by atoms with van der Waals surface area (Å²) in [5.41, 5.74) is 0.808. The number of aliphatic hydroxyl groups excluding tert-OH is 1. The molecule has 0 saturated carbocycles. The number of dihydropyridines is 1. The zero-order valence-corrected chi connectivity index (χ0v) is 18.3. The molecule has 2 N–H and O–H groups in total. The number of aliphatic hydroxyl groups is 1. The predicted molar refractivity (Wildman–Crippen MR) is 112 cm³/mol. The van der Waals surface area contributed by atoms with Crippen LogP contribution in [0.2, 0.25) is 0 Å². The van der Waals surface area contributed by atoms with Crippen molar-refractivity contribution in [1.29, 1.82) is 0 Å². The number of esters is 2. The molecule has 0 bridgehead atoms. The molecular formula is C22H24N2O9. The van der Waals surface area contributed by atoms with Crippen LogP contribution in [0.1, 0.15) is 25.3 Å². The Labute approximate surface area is 189 Å². The van der Waals surface area contributed by atoms with Crippen molar-refractivity contribution in [3.8, 4) is 0 Å². The Hall–Kier alpha value is -3.28. The highest BCUT2D eigenvalue weighted by atomic mass is 16.6. The Morgan fingerprint density at radius 2 is 1.73 bits per heavy atom. The quantitative estimate of drug-likeness (QED) is 0.372. The van der Waals surface area contributed by atoms with Gasteiger partial charge in [0.15, 0.2) is 6.10 Å². The molecule has 0 unspecified atom stereocenters. The lowest BCUT2D eigenvalue weighted by Gasteiger charge is -2.30. The molecule has 11 heteroatoms. The van der Waals surface area contributed by atoms with E-state index in [0.29, 0.717) is 11.4 Å². The molecule has 3 aliphatic rings. The summed E-state index contributed by atoms with van der Waals surface area (Å²) < 4.78 is 21.7. The number of fused-ring (bicyclic) bond motifs is 1. The van der Waals surface area contributed by atoms with E-state index >= 15 is 0 Å². The van der Waals surface area contributed by atoms with Gasteiger partial charge in [-0.2, -0.15) is 0 Å². The highest BCUT2D eigenvalue weighted by Crippen LogP contribution is 2.43. The van der Waals surface area contributed by atoms with Crippen LogP contribution >= 0.6 is 0 Å². The van der Waals surface area contributed by atoms with E-state index in [4.69, 9.17) is 18.9 Å². The second-order valence-corrected chi connectivity index (χ2v) is 8.05. The molecule has 4 rings (SSSR count). The summed E-state index contributed by atoms with van der Waals surface area (Å²) in [7, 11) is 1.20. The van der Waals surface area contributed by atoms with E-state index in [1.54, 1.807) is 19.9 Å². The van der Waals surface area contributed by atoms with Crippen LogP contribution in [0, 0.1) is 10.1 Å². The third-order valence-corrected chi connectivity index (χ3v) is 6.07. The fourth-order valence-electron chi connectivity index (χ4n) is 4.60. The van der Waals surface area contributed by atoms with Crippen LogP contribution in [0.4, 0.5) is 5.69 Å². The van der Waals surface area contributed by atoms with Gasteiger partial charge < -0.3 is 29.4 Å². The number of carbonyl (C=O) groups is 2. The molecule has 2 fully saturated rings. The van der Waals surface area contributed by atoms with Crippen LogP contribution in [-0.4, -0.2) is 66.7 Å². The first kappa shape index (κ1) is 22.9. The number of hydrogen-bond acceptors (Lipinski definition) is 10. The van der Waals surface area contributed by atoms with Crippen LogP contribution in [0.3, 0.4) is 0 Å². The maximum atomic E-state index is 13.4. The molecule has 1 aromatic carbocycles. The van der Waals surface area contributed by atoms with Crippen molar-refractivity contribution >= 4 is 17.6 Å². The summed E-state index contributed by atoms with van der Waals surface area (Å²) in [4.78, 5) is 37.3. The molecule has 0 spiro atoms. The Morgan fingerprint density at radius 3 is 2.39 bits per heavy atom. The Balaban J connectivity index is 1.75. The average molecular weight is 460 g/mol. The van der Waals surface area contributed by atoms with Crippen molar-refractivity contribution in [1.82, 2.24) is 5.32 Å². The lowest BCUT2D eigenvalue weighted by atomic mass is 9.79. The minimum Gasteiger partial charge on any atom is -0.466 e. The normalized spacial score (nSPS) is 28.9. The van der Waals surface area contributed by atoms with E-state index in [2.05, 4.69) is 5.32 Å². The number of nitrogens with zero attached hydrogens (tertiary/aromatic N) is 1. The van der Waals surface area contributed by atoms with Gasteiger partial charge in [0.2, 0.25) is 0 Å². The van der Waals surface area contributed by atoms with Gasteiger partial charge >= 0.3 is 11.9 Å². The third-order valence-electron chi connectivity index (χ3n) is 6.07. The van der Waals surface area contributed by atoms with Crippen molar-refractivity contribution in [2.24, 2.45) is 0 Å². The molecule has 0 radical (unpaired) electrons. The maximum absolute atomic E-state index is 13.4. The number of ether oxygens (including phenoxy) is 4. The van der Waals surface area contributed by atoms with E-state index < -0.39 is 47.2 Å². The molecule has 5 atom stereocenters. The summed E-state index contributed by atoms with van der Waals surface area (Å²) in [5, 5.41) is 24.7. The summed E-state index contributed by atoms with van der Waals surface area (Å²) in [5.74, 6) is -2.61. The summed E-state index contributed by atoms with van der Waals surface area (Å²) in [6.45, 7) is 3.36. The summed E-state index contributed by atoms with van der Waals surface area (Å²) in [6.07, 6.45) is -2.81. The summed E-state index contributed by atoms with van der Waals surface area (Å²) >= 11 is 0. The molecule has 3 heterocycles. The first-order valence-corrected chi connectivity index (χ1v) is 10.4. The molecule has 11 nitrogen and oxygen atoms in total. The Bertz CT molecular complexity index is 1060. The number of allylic oxidation sites excluding steroid dienone is 2. The highest BCUT2D eigenvalue weighted by Gasteiger charge is 2.50. The van der Waals surface area contributed by atoms with Crippen LogP contribution in [0.25, 0.3) is 0 Å². The van der Waals surface area contributed by atoms with Crippen LogP contribution < -0.4 is 5.32 Å². The SMILES string of the molecule is COC(=O)C1=C(C)NC(C)=C(C(=O)O[C@@H]2CO[C@H]3[C@@H]2OC[C@@H]3O)[C@H]1c1ccccc1[N+](=O)[O-]. The van der Waals surface area contributed by atoms with Crippen LogP contribution in [0.15, 0.2) is 46.8 Å². The number of carbonyl (C=O) groups excluding carboxylic acids is 2. The topological polar surface area (TPSA) is 146 Å².